The fraction of sp³-hybridized carbons (Fsp3) is 0.385. The number of carbonyl (C=O) groups is 2. The molecule has 0 aliphatic carbocycles. The van der Waals surface area contributed by atoms with E-state index in [2.05, 4.69) is 15.3 Å². The van der Waals surface area contributed by atoms with Crippen molar-refractivity contribution < 1.29 is 9.59 Å². The Balaban J connectivity index is 2.06. The van der Waals surface area contributed by atoms with E-state index in [1.54, 1.807) is 13.8 Å². The van der Waals surface area contributed by atoms with E-state index < -0.39 is 6.04 Å². The van der Waals surface area contributed by atoms with Crippen LogP contribution in [0.4, 0.5) is 0 Å². The summed E-state index contributed by atoms with van der Waals surface area (Å²) in [7, 11) is 0. The molecule has 3 rings (SSSR count). The summed E-state index contributed by atoms with van der Waals surface area (Å²) in [6, 6.07) is -0.512. The summed E-state index contributed by atoms with van der Waals surface area (Å²) >= 11 is 1.19. The molecule has 0 aromatic carbocycles. The first-order valence-electron chi connectivity index (χ1n) is 6.56. The van der Waals surface area contributed by atoms with E-state index in [4.69, 9.17) is 0 Å². The Hall–Kier alpha value is -2.22. The Bertz CT molecular complexity index is 794. The SMILES string of the molecule is Cc1c(C(=O)N2CCNC(=O)C2C)sc2nc[nH]c(=O)c12. The van der Waals surface area contributed by atoms with Crippen LogP contribution in [0.3, 0.4) is 0 Å². The first-order valence-corrected chi connectivity index (χ1v) is 7.38. The molecular formula is C13H14N4O3S. The van der Waals surface area contributed by atoms with Crippen molar-refractivity contribution in [3.05, 3.63) is 27.1 Å². The highest BCUT2D eigenvalue weighted by atomic mass is 32.1. The van der Waals surface area contributed by atoms with E-state index in [-0.39, 0.29) is 17.4 Å². The third-order valence-electron chi connectivity index (χ3n) is 3.69. The summed E-state index contributed by atoms with van der Waals surface area (Å²) in [5.41, 5.74) is 0.366. The fourth-order valence-corrected chi connectivity index (χ4v) is 3.58. The van der Waals surface area contributed by atoms with Gasteiger partial charge in [0.05, 0.1) is 16.6 Å². The maximum Gasteiger partial charge on any atom is 0.265 e. The second kappa shape index (κ2) is 4.96. The van der Waals surface area contributed by atoms with E-state index in [0.717, 1.165) is 0 Å². The lowest BCUT2D eigenvalue weighted by atomic mass is 10.1. The molecule has 1 aliphatic heterocycles. The van der Waals surface area contributed by atoms with Crippen LogP contribution in [0.25, 0.3) is 10.2 Å². The van der Waals surface area contributed by atoms with Crippen LogP contribution in [0.1, 0.15) is 22.2 Å². The normalized spacial score (nSPS) is 18.9. The van der Waals surface area contributed by atoms with Gasteiger partial charge in [0, 0.05) is 13.1 Å². The van der Waals surface area contributed by atoms with Gasteiger partial charge in [0.2, 0.25) is 5.91 Å². The van der Waals surface area contributed by atoms with Gasteiger partial charge in [-0.3, -0.25) is 14.4 Å². The molecule has 2 amide bonds. The van der Waals surface area contributed by atoms with Gasteiger partial charge in [0.15, 0.2) is 0 Å². The number of H-pyrrole nitrogens is 1. The van der Waals surface area contributed by atoms with E-state index >= 15 is 0 Å². The molecule has 110 valence electrons. The summed E-state index contributed by atoms with van der Waals surface area (Å²) in [5.74, 6) is -0.387. The van der Waals surface area contributed by atoms with Crippen LogP contribution in [0, 0.1) is 6.92 Å². The van der Waals surface area contributed by atoms with Gasteiger partial charge in [0.25, 0.3) is 11.5 Å². The van der Waals surface area contributed by atoms with Gasteiger partial charge < -0.3 is 15.2 Å². The molecule has 8 heteroatoms. The Morgan fingerprint density at radius 2 is 2.24 bits per heavy atom. The van der Waals surface area contributed by atoms with Crippen LogP contribution < -0.4 is 10.9 Å². The molecule has 7 nitrogen and oxygen atoms in total. The van der Waals surface area contributed by atoms with Gasteiger partial charge in [-0.1, -0.05) is 0 Å². The molecule has 0 saturated carbocycles. The number of carbonyl (C=O) groups excluding carboxylic acids is 2. The van der Waals surface area contributed by atoms with Crippen molar-refractivity contribution >= 4 is 33.4 Å². The average Bonchev–Trinajstić information content (AvgIpc) is 2.80. The second-order valence-electron chi connectivity index (χ2n) is 4.93. The van der Waals surface area contributed by atoms with E-state index in [9.17, 15) is 14.4 Å². The molecule has 2 aromatic heterocycles. The first-order chi connectivity index (χ1) is 10.0. The molecule has 0 spiro atoms. The van der Waals surface area contributed by atoms with Crippen molar-refractivity contribution in [3.8, 4) is 0 Å². The number of nitrogens with one attached hydrogen (secondary N) is 2. The van der Waals surface area contributed by atoms with Crippen LogP contribution in [0.15, 0.2) is 11.1 Å². The summed E-state index contributed by atoms with van der Waals surface area (Å²) < 4.78 is 0. The summed E-state index contributed by atoms with van der Waals surface area (Å²) in [4.78, 5) is 45.4. The smallest absolute Gasteiger partial charge is 0.265 e. The number of aromatic amines is 1. The van der Waals surface area contributed by atoms with Crippen molar-refractivity contribution in [2.24, 2.45) is 0 Å². The Morgan fingerprint density at radius 3 is 2.95 bits per heavy atom. The average molecular weight is 306 g/mol. The van der Waals surface area contributed by atoms with E-state index in [1.165, 1.54) is 22.6 Å². The molecule has 2 aromatic rings. The molecule has 1 fully saturated rings. The Kier molecular flexibility index (Phi) is 3.25. The maximum atomic E-state index is 12.7. The molecule has 1 aliphatic rings. The second-order valence-corrected chi connectivity index (χ2v) is 5.93. The number of nitrogens with zero attached hydrogens (tertiary/aromatic N) is 2. The number of fused-ring (bicyclic) bond motifs is 1. The van der Waals surface area contributed by atoms with Crippen LogP contribution in [0.2, 0.25) is 0 Å². The van der Waals surface area contributed by atoms with E-state index in [0.29, 0.717) is 33.7 Å². The van der Waals surface area contributed by atoms with Gasteiger partial charge in [-0.25, -0.2) is 4.98 Å². The molecule has 2 N–H and O–H groups in total. The molecule has 1 saturated heterocycles. The number of hydrogen-bond donors (Lipinski definition) is 2. The molecular weight excluding hydrogens is 292 g/mol. The van der Waals surface area contributed by atoms with Gasteiger partial charge >= 0.3 is 0 Å². The van der Waals surface area contributed by atoms with Gasteiger partial charge in [-0.15, -0.1) is 11.3 Å². The summed E-state index contributed by atoms with van der Waals surface area (Å²) in [6.07, 6.45) is 1.33. The highest BCUT2D eigenvalue weighted by molar-refractivity contribution is 7.20. The van der Waals surface area contributed by atoms with Crippen molar-refractivity contribution in [1.29, 1.82) is 0 Å². The Morgan fingerprint density at radius 1 is 1.48 bits per heavy atom. The number of thiophene rings is 1. The lowest BCUT2D eigenvalue weighted by Crippen LogP contribution is -2.55. The predicted molar refractivity (Wildman–Crippen MR) is 78.5 cm³/mol. The van der Waals surface area contributed by atoms with Crippen molar-refractivity contribution in [2.75, 3.05) is 13.1 Å². The summed E-state index contributed by atoms with van der Waals surface area (Å²) in [5, 5.41) is 3.17. The fourth-order valence-electron chi connectivity index (χ4n) is 2.47. The van der Waals surface area contributed by atoms with Crippen LogP contribution in [-0.2, 0) is 4.79 Å². The minimum absolute atomic E-state index is 0.163. The lowest BCUT2D eigenvalue weighted by molar-refractivity contribution is -0.127. The highest BCUT2D eigenvalue weighted by Gasteiger charge is 2.32. The quantitative estimate of drug-likeness (QED) is 0.789. The van der Waals surface area contributed by atoms with Crippen molar-refractivity contribution in [2.45, 2.75) is 19.9 Å². The number of piperazine rings is 1. The number of hydrogen-bond acceptors (Lipinski definition) is 5. The Labute approximate surface area is 124 Å². The monoisotopic (exact) mass is 306 g/mol. The zero-order valence-corrected chi connectivity index (χ0v) is 12.4. The highest BCUT2D eigenvalue weighted by Crippen LogP contribution is 2.28. The van der Waals surface area contributed by atoms with E-state index in [1.807, 2.05) is 0 Å². The molecule has 0 bridgehead atoms. The minimum atomic E-state index is -0.512. The third-order valence-corrected chi connectivity index (χ3v) is 4.87. The first kappa shape index (κ1) is 13.7. The molecule has 21 heavy (non-hydrogen) atoms. The molecule has 1 atom stereocenters. The number of rotatable bonds is 1. The third kappa shape index (κ3) is 2.11. The molecule has 0 radical (unpaired) electrons. The zero-order valence-electron chi connectivity index (χ0n) is 11.6. The van der Waals surface area contributed by atoms with Gasteiger partial charge in [-0.05, 0) is 19.4 Å². The standard InChI is InChI=1S/C13H14N4O3S/c1-6-8-11(19)15-5-16-12(8)21-9(6)13(20)17-4-3-14-10(18)7(17)2/h5,7H,3-4H2,1-2H3,(H,14,18)(H,15,16,19). The predicted octanol–water partition coefficient (Wildman–Crippen LogP) is 0.254. The van der Waals surface area contributed by atoms with Gasteiger partial charge in [-0.2, -0.15) is 0 Å². The van der Waals surface area contributed by atoms with Gasteiger partial charge in [0.1, 0.15) is 10.9 Å². The maximum absolute atomic E-state index is 12.7. The number of amides is 2. The van der Waals surface area contributed by atoms with Crippen LogP contribution in [0.5, 0.6) is 0 Å². The minimum Gasteiger partial charge on any atom is -0.353 e. The molecule has 1 unspecified atom stereocenters. The summed E-state index contributed by atoms with van der Waals surface area (Å²) in [6.45, 7) is 4.33. The van der Waals surface area contributed by atoms with Crippen LogP contribution >= 0.6 is 11.3 Å². The van der Waals surface area contributed by atoms with Crippen molar-refractivity contribution in [1.82, 2.24) is 20.2 Å². The largest absolute Gasteiger partial charge is 0.353 e. The number of aryl methyl sites for hydroxylation is 1. The van der Waals surface area contributed by atoms with Crippen LogP contribution in [-0.4, -0.2) is 45.8 Å². The van der Waals surface area contributed by atoms with Crippen molar-refractivity contribution in [3.63, 3.8) is 0 Å². The zero-order chi connectivity index (χ0) is 15.1. The lowest BCUT2D eigenvalue weighted by Gasteiger charge is -2.32. The topological polar surface area (TPSA) is 95.2 Å². The number of aromatic nitrogens is 2. The molecule has 3 heterocycles.